The molecule has 2 fully saturated rings. The Morgan fingerprint density at radius 3 is 2.76 bits per heavy atom. The Labute approximate surface area is 102 Å². The maximum Gasteiger partial charge on any atom is 0.270 e. The molecule has 3 heteroatoms. The van der Waals surface area contributed by atoms with E-state index in [1.807, 2.05) is 18.3 Å². The number of carbonyl (C=O) groups is 1. The van der Waals surface area contributed by atoms with Crippen molar-refractivity contribution in [1.82, 2.24) is 9.88 Å². The first-order valence-electron chi connectivity index (χ1n) is 6.80. The van der Waals surface area contributed by atoms with E-state index in [2.05, 4.69) is 9.88 Å². The quantitative estimate of drug-likeness (QED) is 0.836. The second kappa shape index (κ2) is 4.55. The summed E-state index contributed by atoms with van der Waals surface area (Å²) in [7, 11) is 0. The zero-order chi connectivity index (χ0) is 11.7. The van der Waals surface area contributed by atoms with E-state index in [4.69, 9.17) is 0 Å². The van der Waals surface area contributed by atoms with Crippen molar-refractivity contribution in [3.63, 3.8) is 0 Å². The van der Waals surface area contributed by atoms with Crippen LogP contribution in [-0.2, 0) is 0 Å². The fourth-order valence-corrected chi connectivity index (χ4v) is 3.50. The molecule has 2 aliphatic rings. The van der Waals surface area contributed by atoms with Gasteiger partial charge in [0.25, 0.3) is 5.91 Å². The Hall–Kier alpha value is -1.25. The van der Waals surface area contributed by atoms with Gasteiger partial charge in [0.05, 0.1) is 0 Å². The fraction of sp³-hybridized carbons (Fsp3) is 0.643. The van der Waals surface area contributed by atoms with Crippen molar-refractivity contribution < 1.29 is 4.79 Å². The van der Waals surface area contributed by atoms with Gasteiger partial charge in [0.1, 0.15) is 5.69 Å². The van der Waals surface area contributed by atoms with Gasteiger partial charge in [-0.1, -0.05) is 12.8 Å². The number of hydrogen-bond donors (Lipinski definition) is 1. The molecule has 1 N–H and O–H groups in total. The minimum absolute atomic E-state index is 0.199. The van der Waals surface area contributed by atoms with E-state index in [1.165, 1.54) is 38.5 Å². The fourth-order valence-electron chi connectivity index (χ4n) is 3.50. The zero-order valence-corrected chi connectivity index (χ0v) is 10.2. The summed E-state index contributed by atoms with van der Waals surface area (Å²) in [4.78, 5) is 17.5. The summed E-state index contributed by atoms with van der Waals surface area (Å²) in [5.74, 6) is 0.959. The summed E-state index contributed by atoms with van der Waals surface area (Å²) in [6.07, 6.45) is 9.55. The van der Waals surface area contributed by atoms with Crippen LogP contribution in [0.4, 0.5) is 0 Å². The third-order valence-electron chi connectivity index (χ3n) is 4.33. The van der Waals surface area contributed by atoms with Crippen molar-refractivity contribution in [3.8, 4) is 0 Å². The molecule has 1 atom stereocenters. The van der Waals surface area contributed by atoms with Crippen LogP contribution in [0.5, 0.6) is 0 Å². The van der Waals surface area contributed by atoms with Gasteiger partial charge in [-0.15, -0.1) is 0 Å². The lowest BCUT2D eigenvalue weighted by molar-refractivity contribution is 0.0684. The summed E-state index contributed by atoms with van der Waals surface area (Å²) in [5.41, 5.74) is 0.745. The monoisotopic (exact) mass is 232 g/mol. The summed E-state index contributed by atoms with van der Waals surface area (Å²) >= 11 is 0. The minimum atomic E-state index is 0.199. The Morgan fingerprint density at radius 1 is 1.24 bits per heavy atom. The van der Waals surface area contributed by atoms with E-state index in [0.717, 1.165) is 18.2 Å². The smallest absolute Gasteiger partial charge is 0.270 e. The molecule has 1 aliphatic carbocycles. The van der Waals surface area contributed by atoms with E-state index >= 15 is 0 Å². The van der Waals surface area contributed by atoms with Crippen molar-refractivity contribution >= 4 is 5.91 Å². The number of nitrogens with one attached hydrogen (secondary N) is 1. The largest absolute Gasteiger partial charge is 0.357 e. The van der Waals surface area contributed by atoms with Gasteiger partial charge in [0.2, 0.25) is 0 Å². The molecule has 3 rings (SSSR count). The van der Waals surface area contributed by atoms with Gasteiger partial charge in [0, 0.05) is 18.8 Å². The van der Waals surface area contributed by atoms with Crippen molar-refractivity contribution in [2.45, 2.75) is 44.6 Å². The van der Waals surface area contributed by atoms with Crippen LogP contribution in [0.25, 0.3) is 0 Å². The van der Waals surface area contributed by atoms with E-state index in [-0.39, 0.29) is 5.91 Å². The average Bonchev–Trinajstić information content (AvgIpc) is 3.09. The molecule has 0 spiro atoms. The van der Waals surface area contributed by atoms with Gasteiger partial charge in [-0.3, -0.25) is 4.79 Å². The molecular weight excluding hydrogens is 212 g/mol. The second-order valence-corrected chi connectivity index (χ2v) is 5.34. The highest BCUT2D eigenvalue weighted by atomic mass is 16.2. The number of amides is 1. The minimum Gasteiger partial charge on any atom is -0.357 e. The number of H-pyrrole nitrogens is 1. The van der Waals surface area contributed by atoms with Crippen molar-refractivity contribution in [1.29, 1.82) is 0 Å². The van der Waals surface area contributed by atoms with Gasteiger partial charge < -0.3 is 9.88 Å². The average molecular weight is 232 g/mol. The lowest BCUT2D eigenvalue weighted by atomic mass is 9.96. The van der Waals surface area contributed by atoms with Gasteiger partial charge in [-0.05, 0) is 43.7 Å². The maximum atomic E-state index is 12.4. The highest BCUT2D eigenvalue weighted by molar-refractivity contribution is 5.92. The predicted octanol–water partition coefficient (Wildman–Crippen LogP) is 2.81. The summed E-state index contributed by atoms with van der Waals surface area (Å²) in [6.45, 7) is 0.943. The third-order valence-corrected chi connectivity index (χ3v) is 4.33. The van der Waals surface area contributed by atoms with E-state index in [0.29, 0.717) is 6.04 Å². The maximum absolute atomic E-state index is 12.4. The molecule has 17 heavy (non-hydrogen) atoms. The molecule has 0 bridgehead atoms. The molecule has 0 unspecified atom stereocenters. The van der Waals surface area contributed by atoms with Crippen LogP contribution in [0.3, 0.4) is 0 Å². The predicted molar refractivity (Wildman–Crippen MR) is 66.8 cm³/mol. The molecule has 0 aromatic carbocycles. The highest BCUT2D eigenvalue weighted by Gasteiger charge is 2.36. The lowest BCUT2D eigenvalue weighted by Gasteiger charge is -2.29. The number of carbonyl (C=O) groups excluding carboxylic acids is 1. The van der Waals surface area contributed by atoms with Gasteiger partial charge in [0.15, 0.2) is 0 Å². The number of aromatic nitrogens is 1. The zero-order valence-electron chi connectivity index (χ0n) is 10.2. The van der Waals surface area contributed by atoms with Crippen molar-refractivity contribution in [3.05, 3.63) is 24.0 Å². The molecule has 92 valence electrons. The number of likely N-dealkylation sites (tertiary alicyclic amines) is 1. The topological polar surface area (TPSA) is 36.1 Å². The molecule has 1 saturated carbocycles. The van der Waals surface area contributed by atoms with Crippen LogP contribution < -0.4 is 0 Å². The number of nitrogens with zero attached hydrogens (tertiary/aromatic N) is 1. The first-order valence-corrected chi connectivity index (χ1v) is 6.80. The molecule has 3 nitrogen and oxygen atoms in total. The van der Waals surface area contributed by atoms with Crippen LogP contribution in [0, 0.1) is 5.92 Å². The van der Waals surface area contributed by atoms with Crippen LogP contribution in [0.15, 0.2) is 18.3 Å². The first-order chi connectivity index (χ1) is 8.36. The second-order valence-electron chi connectivity index (χ2n) is 5.34. The number of aromatic amines is 1. The summed E-state index contributed by atoms with van der Waals surface area (Å²) in [6, 6.07) is 4.29. The number of hydrogen-bond acceptors (Lipinski definition) is 1. The van der Waals surface area contributed by atoms with Crippen molar-refractivity contribution in [2.24, 2.45) is 5.92 Å². The molecule has 1 saturated heterocycles. The van der Waals surface area contributed by atoms with Gasteiger partial charge in [-0.25, -0.2) is 0 Å². The number of rotatable bonds is 2. The highest BCUT2D eigenvalue weighted by Crippen LogP contribution is 2.35. The van der Waals surface area contributed by atoms with Gasteiger partial charge in [-0.2, -0.15) is 0 Å². The van der Waals surface area contributed by atoms with Crippen LogP contribution in [0.1, 0.15) is 49.0 Å². The normalized spacial score (nSPS) is 25.6. The summed E-state index contributed by atoms with van der Waals surface area (Å²) in [5, 5.41) is 0. The Balaban J connectivity index is 1.75. The Morgan fingerprint density at radius 2 is 2.06 bits per heavy atom. The van der Waals surface area contributed by atoms with Gasteiger partial charge >= 0.3 is 0 Å². The molecule has 2 heterocycles. The molecule has 1 aromatic rings. The molecule has 1 aliphatic heterocycles. The van der Waals surface area contributed by atoms with Crippen molar-refractivity contribution in [2.75, 3.05) is 6.54 Å². The first kappa shape index (κ1) is 10.9. The lowest BCUT2D eigenvalue weighted by Crippen LogP contribution is -2.39. The van der Waals surface area contributed by atoms with E-state index < -0.39 is 0 Å². The Bertz CT molecular complexity index is 379. The molecule has 1 aromatic heterocycles. The molecular formula is C14H20N2O. The van der Waals surface area contributed by atoms with Crippen LogP contribution >= 0.6 is 0 Å². The van der Waals surface area contributed by atoms with E-state index in [1.54, 1.807) is 0 Å². The van der Waals surface area contributed by atoms with Crippen LogP contribution in [0.2, 0.25) is 0 Å². The molecule has 0 radical (unpaired) electrons. The SMILES string of the molecule is O=C(c1ccc[nH]1)N1CCC[C@H]1C1CCCC1. The Kier molecular flexibility index (Phi) is 2.91. The van der Waals surface area contributed by atoms with Crippen LogP contribution in [-0.4, -0.2) is 28.4 Å². The standard InChI is InChI=1S/C14H20N2O/c17-14(12-7-3-9-15-12)16-10-4-8-13(16)11-5-1-2-6-11/h3,7,9,11,13,15H,1-2,4-6,8,10H2/t13-/m0/s1. The van der Waals surface area contributed by atoms with E-state index in [9.17, 15) is 4.79 Å². The molecule has 1 amide bonds. The summed E-state index contributed by atoms with van der Waals surface area (Å²) < 4.78 is 0. The third kappa shape index (κ3) is 1.99.